The summed E-state index contributed by atoms with van der Waals surface area (Å²) in [6.07, 6.45) is 0.311. The van der Waals surface area contributed by atoms with Crippen molar-refractivity contribution in [2.45, 2.75) is 40.2 Å². The van der Waals surface area contributed by atoms with Gasteiger partial charge in [-0.1, -0.05) is 27.7 Å². The van der Waals surface area contributed by atoms with Gasteiger partial charge in [0.2, 0.25) is 0 Å². The van der Waals surface area contributed by atoms with Crippen molar-refractivity contribution in [2.24, 2.45) is 11.8 Å². The van der Waals surface area contributed by atoms with Gasteiger partial charge in [-0.05, 0) is 7.05 Å². The highest BCUT2D eigenvalue weighted by molar-refractivity contribution is 5.92. The predicted octanol–water partition coefficient (Wildman–Crippen LogP) is 1.41. The van der Waals surface area contributed by atoms with Crippen LogP contribution in [0.3, 0.4) is 0 Å². The summed E-state index contributed by atoms with van der Waals surface area (Å²) >= 11 is 0. The second-order valence-electron chi connectivity index (χ2n) is 4.22. The van der Waals surface area contributed by atoms with Crippen LogP contribution in [0, 0.1) is 11.8 Å². The molecule has 0 saturated carbocycles. The third-order valence-electron chi connectivity index (χ3n) is 2.31. The molecule has 3 nitrogen and oxygen atoms in total. The van der Waals surface area contributed by atoms with Crippen LogP contribution in [0.15, 0.2) is 0 Å². The summed E-state index contributed by atoms with van der Waals surface area (Å²) in [6.45, 7) is 7.42. The molecule has 14 heavy (non-hydrogen) atoms. The van der Waals surface area contributed by atoms with Gasteiger partial charge in [0.15, 0.2) is 5.78 Å². The standard InChI is InChI=1S/C11H21NO2/c1-7(2)10(13)6-9(12-5)11(14)8(3)4/h7-9,12H,6H2,1-5H3. The van der Waals surface area contributed by atoms with E-state index in [1.807, 2.05) is 27.7 Å². The van der Waals surface area contributed by atoms with Crippen molar-refractivity contribution < 1.29 is 9.59 Å². The highest BCUT2D eigenvalue weighted by atomic mass is 16.1. The topological polar surface area (TPSA) is 46.2 Å². The van der Waals surface area contributed by atoms with E-state index in [0.717, 1.165) is 0 Å². The second-order valence-corrected chi connectivity index (χ2v) is 4.22. The van der Waals surface area contributed by atoms with Gasteiger partial charge in [-0.25, -0.2) is 0 Å². The van der Waals surface area contributed by atoms with Crippen molar-refractivity contribution in [2.75, 3.05) is 7.05 Å². The van der Waals surface area contributed by atoms with Crippen LogP contribution in [-0.2, 0) is 9.59 Å². The van der Waals surface area contributed by atoms with Gasteiger partial charge in [0, 0.05) is 18.3 Å². The molecular formula is C11H21NO2. The molecule has 0 amide bonds. The van der Waals surface area contributed by atoms with Gasteiger partial charge in [0.1, 0.15) is 5.78 Å². The average molecular weight is 199 g/mol. The fraction of sp³-hybridized carbons (Fsp3) is 0.818. The molecule has 82 valence electrons. The van der Waals surface area contributed by atoms with Crippen LogP contribution in [-0.4, -0.2) is 24.7 Å². The first-order chi connectivity index (χ1) is 6.40. The van der Waals surface area contributed by atoms with Gasteiger partial charge in [-0.3, -0.25) is 9.59 Å². The van der Waals surface area contributed by atoms with Crippen LogP contribution < -0.4 is 5.32 Å². The Morgan fingerprint density at radius 1 is 1.07 bits per heavy atom. The van der Waals surface area contributed by atoms with Crippen LogP contribution in [0.1, 0.15) is 34.1 Å². The van der Waals surface area contributed by atoms with Crippen molar-refractivity contribution in [1.82, 2.24) is 5.32 Å². The maximum absolute atomic E-state index is 11.6. The summed E-state index contributed by atoms with van der Waals surface area (Å²) in [5.74, 6) is 0.234. The van der Waals surface area contributed by atoms with E-state index in [1.54, 1.807) is 7.05 Å². The summed E-state index contributed by atoms with van der Waals surface area (Å²) in [4.78, 5) is 23.1. The van der Waals surface area contributed by atoms with Crippen molar-refractivity contribution in [1.29, 1.82) is 0 Å². The molecule has 0 aliphatic heterocycles. The Hall–Kier alpha value is -0.700. The minimum Gasteiger partial charge on any atom is -0.310 e. The lowest BCUT2D eigenvalue weighted by molar-refractivity contribution is -0.129. The smallest absolute Gasteiger partial charge is 0.152 e. The summed E-state index contributed by atoms with van der Waals surface area (Å²) < 4.78 is 0. The van der Waals surface area contributed by atoms with Gasteiger partial charge < -0.3 is 5.32 Å². The second kappa shape index (κ2) is 5.91. The summed E-state index contributed by atoms with van der Waals surface area (Å²) in [6, 6.07) is -0.315. The highest BCUT2D eigenvalue weighted by Gasteiger charge is 2.23. The lowest BCUT2D eigenvalue weighted by Gasteiger charge is -2.17. The van der Waals surface area contributed by atoms with E-state index in [4.69, 9.17) is 0 Å². The van der Waals surface area contributed by atoms with Crippen LogP contribution in [0.2, 0.25) is 0 Å². The molecule has 0 aliphatic carbocycles. The fourth-order valence-corrected chi connectivity index (χ4v) is 1.18. The lowest BCUT2D eigenvalue weighted by atomic mass is 9.94. The Kier molecular flexibility index (Phi) is 5.62. The van der Waals surface area contributed by atoms with Gasteiger partial charge in [0.05, 0.1) is 6.04 Å². The van der Waals surface area contributed by atoms with Crippen molar-refractivity contribution in [3.63, 3.8) is 0 Å². The van der Waals surface area contributed by atoms with E-state index in [-0.39, 0.29) is 29.4 Å². The number of hydrogen-bond acceptors (Lipinski definition) is 3. The SMILES string of the molecule is CNC(CC(=O)C(C)C)C(=O)C(C)C. The summed E-state index contributed by atoms with van der Waals surface area (Å²) in [5.41, 5.74) is 0. The molecule has 0 bridgehead atoms. The molecule has 0 aliphatic rings. The van der Waals surface area contributed by atoms with Crippen molar-refractivity contribution >= 4 is 11.6 Å². The number of ketones is 2. The molecule has 0 spiro atoms. The highest BCUT2D eigenvalue weighted by Crippen LogP contribution is 2.07. The Morgan fingerprint density at radius 3 is 1.86 bits per heavy atom. The molecule has 0 heterocycles. The van der Waals surface area contributed by atoms with Crippen LogP contribution in [0.5, 0.6) is 0 Å². The minimum atomic E-state index is -0.315. The van der Waals surface area contributed by atoms with Crippen LogP contribution in [0.25, 0.3) is 0 Å². The molecule has 0 saturated heterocycles. The largest absolute Gasteiger partial charge is 0.310 e. The molecule has 0 aromatic rings. The van der Waals surface area contributed by atoms with E-state index in [2.05, 4.69) is 5.32 Å². The van der Waals surface area contributed by atoms with Crippen molar-refractivity contribution in [3.05, 3.63) is 0 Å². The van der Waals surface area contributed by atoms with Crippen molar-refractivity contribution in [3.8, 4) is 0 Å². The molecule has 0 aromatic carbocycles. The third-order valence-corrected chi connectivity index (χ3v) is 2.31. The maximum Gasteiger partial charge on any atom is 0.152 e. The van der Waals surface area contributed by atoms with Gasteiger partial charge in [-0.2, -0.15) is 0 Å². The summed E-state index contributed by atoms with van der Waals surface area (Å²) in [5, 5.41) is 2.90. The third kappa shape index (κ3) is 4.01. The quantitative estimate of drug-likeness (QED) is 0.703. The van der Waals surface area contributed by atoms with Crippen LogP contribution >= 0.6 is 0 Å². The van der Waals surface area contributed by atoms with Crippen LogP contribution in [0.4, 0.5) is 0 Å². The molecule has 0 aromatic heterocycles. The molecular weight excluding hydrogens is 178 g/mol. The number of hydrogen-bond donors (Lipinski definition) is 1. The molecule has 0 rings (SSSR count). The fourth-order valence-electron chi connectivity index (χ4n) is 1.18. The summed E-state index contributed by atoms with van der Waals surface area (Å²) in [7, 11) is 1.72. The molecule has 1 N–H and O–H groups in total. The van der Waals surface area contributed by atoms with E-state index < -0.39 is 0 Å². The first kappa shape index (κ1) is 13.3. The van der Waals surface area contributed by atoms with E-state index in [1.165, 1.54) is 0 Å². The number of carbonyl (C=O) groups is 2. The lowest BCUT2D eigenvalue weighted by Crippen LogP contribution is -2.39. The Balaban J connectivity index is 4.30. The zero-order valence-electron chi connectivity index (χ0n) is 9.76. The zero-order valence-corrected chi connectivity index (χ0v) is 9.76. The Bertz CT molecular complexity index is 209. The van der Waals surface area contributed by atoms with E-state index in [9.17, 15) is 9.59 Å². The molecule has 0 fully saturated rings. The number of carbonyl (C=O) groups excluding carboxylic acids is 2. The Morgan fingerprint density at radius 2 is 1.57 bits per heavy atom. The van der Waals surface area contributed by atoms with E-state index >= 15 is 0 Å². The number of nitrogens with one attached hydrogen (secondary N) is 1. The van der Waals surface area contributed by atoms with Gasteiger partial charge in [-0.15, -0.1) is 0 Å². The molecule has 3 heteroatoms. The number of rotatable bonds is 6. The van der Waals surface area contributed by atoms with Gasteiger partial charge >= 0.3 is 0 Å². The maximum atomic E-state index is 11.6. The average Bonchev–Trinajstić information content (AvgIpc) is 2.12. The van der Waals surface area contributed by atoms with E-state index in [0.29, 0.717) is 6.42 Å². The van der Waals surface area contributed by atoms with Gasteiger partial charge in [0.25, 0.3) is 0 Å². The molecule has 0 radical (unpaired) electrons. The molecule has 1 unspecified atom stereocenters. The minimum absolute atomic E-state index is 0.00538. The zero-order chi connectivity index (χ0) is 11.3. The number of Topliss-reactive ketones (excluding diaryl/α,β-unsaturated/α-hetero) is 2. The first-order valence-corrected chi connectivity index (χ1v) is 5.13. The normalized spacial score (nSPS) is 13.4. The molecule has 1 atom stereocenters. The monoisotopic (exact) mass is 199 g/mol. The first-order valence-electron chi connectivity index (χ1n) is 5.13. The predicted molar refractivity (Wildman–Crippen MR) is 57.2 cm³/mol. The number of likely N-dealkylation sites (N-methyl/N-ethyl adjacent to an activating group) is 1. The Labute approximate surface area is 86.3 Å².